The van der Waals surface area contributed by atoms with Crippen molar-refractivity contribution in [1.29, 1.82) is 0 Å². The van der Waals surface area contributed by atoms with E-state index in [-0.39, 0.29) is 28.9 Å². The SMILES string of the molecule is COc1ccc(S(=O)(=O)NC[C@@H]2CCS(=O)(=O)C2)cc1OC. The second kappa shape index (κ2) is 6.43. The van der Waals surface area contributed by atoms with E-state index in [1.807, 2.05) is 0 Å². The van der Waals surface area contributed by atoms with Gasteiger partial charge in [0.15, 0.2) is 21.3 Å². The standard InChI is InChI=1S/C13H19NO6S2/c1-19-12-4-3-11(7-13(12)20-2)22(17,18)14-8-10-5-6-21(15,16)9-10/h3-4,7,10,14H,5-6,8-9H2,1-2H3/t10-/m0/s1. The fourth-order valence-corrected chi connectivity index (χ4v) is 5.32. The van der Waals surface area contributed by atoms with Crippen LogP contribution in [0.2, 0.25) is 0 Å². The van der Waals surface area contributed by atoms with Crippen molar-refractivity contribution in [1.82, 2.24) is 4.72 Å². The Morgan fingerprint density at radius 2 is 1.91 bits per heavy atom. The van der Waals surface area contributed by atoms with Crippen molar-refractivity contribution in [3.63, 3.8) is 0 Å². The van der Waals surface area contributed by atoms with Gasteiger partial charge in [-0.25, -0.2) is 21.6 Å². The van der Waals surface area contributed by atoms with Crippen LogP contribution in [-0.4, -0.2) is 49.1 Å². The van der Waals surface area contributed by atoms with Crippen LogP contribution in [-0.2, 0) is 19.9 Å². The van der Waals surface area contributed by atoms with E-state index >= 15 is 0 Å². The Balaban J connectivity index is 2.10. The van der Waals surface area contributed by atoms with Crippen LogP contribution < -0.4 is 14.2 Å². The van der Waals surface area contributed by atoms with Gasteiger partial charge in [-0.15, -0.1) is 0 Å². The Morgan fingerprint density at radius 3 is 2.45 bits per heavy atom. The average molecular weight is 349 g/mol. The molecule has 0 spiro atoms. The van der Waals surface area contributed by atoms with Gasteiger partial charge in [0.1, 0.15) is 0 Å². The number of hydrogen-bond acceptors (Lipinski definition) is 6. The van der Waals surface area contributed by atoms with Crippen LogP contribution in [0.15, 0.2) is 23.1 Å². The molecule has 1 aromatic rings. The molecule has 1 atom stereocenters. The minimum Gasteiger partial charge on any atom is -0.493 e. The van der Waals surface area contributed by atoms with E-state index in [0.717, 1.165) is 0 Å². The first-order valence-corrected chi connectivity index (χ1v) is 10.00. The molecular formula is C13H19NO6S2. The third-order valence-corrected chi connectivity index (χ3v) is 6.81. The number of nitrogens with one attached hydrogen (secondary N) is 1. The number of sulfone groups is 1. The normalized spacial score (nSPS) is 20.7. The fraction of sp³-hybridized carbons (Fsp3) is 0.538. The van der Waals surface area contributed by atoms with E-state index in [9.17, 15) is 16.8 Å². The molecule has 0 aromatic heterocycles. The molecule has 1 saturated heterocycles. The van der Waals surface area contributed by atoms with Crippen molar-refractivity contribution in [3.8, 4) is 11.5 Å². The van der Waals surface area contributed by atoms with Crippen LogP contribution in [0, 0.1) is 5.92 Å². The number of methoxy groups -OCH3 is 2. The predicted molar refractivity (Wildman–Crippen MR) is 81.5 cm³/mol. The summed E-state index contributed by atoms with van der Waals surface area (Å²) < 4.78 is 59.9. The predicted octanol–water partition coefficient (Wildman–Crippen LogP) is 0.417. The highest BCUT2D eigenvalue weighted by Crippen LogP contribution is 2.29. The van der Waals surface area contributed by atoms with Gasteiger partial charge in [0, 0.05) is 12.6 Å². The van der Waals surface area contributed by atoms with Gasteiger partial charge in [-0.2, -0.15) is 0 Å². The third-order valence-electron chi connectivity index (χ3n) is 3.55. The lowest BCUT2D eigenvalue weighted by atomic mass is 10.1. The Kier molecular flexibility index (Phi) is 4.98. The lowest BCUT2D eigenvalue weighted by Gasteiger charge is -2.12. The van der Waals surface area contributed by atoms with Crippen LogP contribution in [0.3, 0.4) is 0 Å². The first kappa shape index (κ1) is 17.0. The zero-order valence-corrected chi connectivity index (χ0v) is 14.0. The minimum atomic E-state index is -3.72. The molecule has 0 amide bonds. The summed E-state index contributed by atoms with van der Waals surface area (Å²) in [7, 11) is -3.86. The van der Waals surface area contributed by atoms with E-state index in [1.54, 1.807) is 0 Å². The van der Waals surface area contributed by atoms with Crippen molar-refractivity contribution in [2.75, 3.05) is 32.3 Å². The van der Waals surface area contributed by atoms with Gasteiger partial charge in [-0.1, -0.05) is 0 Å². The molecule has 0 saturated carbocycles. The van der Waals surface area contributed by atoms with Gasteiger partial charge in [0.2, 0.25) is 10.0 Å². The zero-order valence-electron chi connectivity index (χ0n) is 12.4. The molecule has 1 aliphatic rings. The second-order valence-electron chi connectivity index (χ2n) is 5.14. The lowest BCUT2D eigenvalue weighted by Crippen LogP contribution is -2.30. The molecule has 0 bridgehead atoms. The summed E-state index contributed by atoms with van der Waals surface area (Å²) in [5, 5.41) is 0. The molecule has 1 fully saturated rings. The smallest absolute Gasteiger partial charge is 0.240 e. The van der Waals surface area contributed by atoms with Crippen molar-refractivity contribution in [2.24, 2.45) is 5.92 Å². The van der Waals surface area contributed by atoms with E-state index in [4.69, 9.17) is 9.47 Å². The molecule has 1 heterocycles. The van der Waals surface area contributed by atoms with E-state index in [0.29, 0.717) is 17.9 Å². The van der Waals surface area contributed by atoms with Crippen molar-refractivity contribution in [2.45, 2.75) is 11.3 Å². The summed E-state index contributed by atoms with van der Waals surface area (Å²) in [5.41, 5.74) is 0. The first-order valence-electron chi connectivity index (χ1n) is 6.69. The van der Waals surface area contributed by atoms with Gasteiger partial charge in [-0.05, 0) is 24.5 Å². The van der Waals surface area contributed by atoms with Crippen LogP contribution in [0.1, 0.15) is 6.42 Å². The monoisotopic (exact) mass is 349 g/mol. The molecule has 124 valence electrons. The number of rotatable bonds is 6. The molecule has 0 radical (unpaired) electrons. The number of hydrogen-bond donors (Lipinski definition) is 1. The lowest BCUT2D eigenvalue weighted by molar-refractivity contribution is 0.354. The van der Waals surface area contributed by atoms with Gasteiger partial charge in [0.05, 0.1) is 30.6 Å². The van der Waals surface area contributed by atoms with Gasteiger partial charge in [-0.3, -0.25) is 0 Å². The summed E-state index contributed by atoms with van der Waals surface area (Å²) in [6.07, 6.45) is 0.483. The van der Waals surface area contributed by atoms with Crippen LogP contribution >= 0.6 is 0 Å². The van der Waals surface area contributed by atoms with Crippen molar-refractivity contribution < 1.29 is 26.3 Å². The third kappa shape index (κ3) is 3.90. The molecule has 9 heteroatoms. The van der Waals surface area contributed by atoms with Crippen LogP contribution in [0.25, 0.3) is 0 Å². The summed E-state index contributed by atoms with van der Waals surface area (Å²) in [5.74, 6) is 0.717. The summed E-state index contributed by atoms with van der Waals surface area (Å²) in [4.78, 5) is 0.0472. The molecule has 7 nitrogen and oxygen atoms in total. The maximum Gasteiger partial charge on any atom is 0.240 e. The highest BCUT2D eigenvalue weighted by Gasteiger charge is 2.29. The fourth-order valence-electron chi connectivity index (χ4n) is 2.33. The molecule has 1 aliphatic heterocycles. The molecular weight excluding hydrogens is 330 g/mol. The van der Waals surface area contributed by atoms with Gasteiger partial charge < -0.3 is 9.47 Å². The zero-order chi connectivity index (χ0) is 16.4. The Hall–Kier alpha value is -1.32. The van der Waals surface area contributed by atoms with Crippen LogP contribution in [0.4, 0.5) is 0 Å². The largest absolute Gasteiger partial charge is 0.493 e. The molecule has 1 aromatic carbocycles. The highest BCUT2D eigenvalue weighted by atomic mass is 32.2. The molecule has 0 aliphatic carbocycles. The average Bonchev–Trinajstić information content (AvgIpc) is 2.84. The molecule has 22 heavy (non-hydrogen) atoms. The molecule has 0 unspecified atom stereocenters. The van der Waals surface area contributed by atoms with Crippen LogP contribution in [0.5, 0.6) is 11.5 Å². The summed E-state index contributed by atoms with van der Waals surface area (Å²) in [6, 6.07) is 4.29. The van der Waals surface area contributed by atoms with E-state index < -0.39 is 19.9 Å². The van der Waals surface area contributed by atoms with E-state index in [2.05, 4.69) is 4.72 Å². The molecule has 1 N–H and O–H groups in total. The van der Waals surface area contributed by atoms with Crippen molar-refractivity contribution >= 4 is 19.9 Å². The topological polar surface area (TPSA) is 98.8 Å². The maximum absolute atomic E-state index is 12.3. The number of ether oxygens (including phenoxy) is 2. The maximum atomic E-state index is 12.3. The summed E-state index contributed by atoms with van der Waals surface area (Å²) >= 11 is 0. The van der Waals surface area contributed by atoms with Gasteiger partial charge in [0.25, 0.3) is 0 Å². The molecule has 2 rings (SSSR count). The number of benzene rings is 1. The highest BCUT2D eigenvalue weighted by molar-refractivity contribution is 7.91. The second-order valence-corrected chi connectivity index (χ2v) is 9.13. The number of sulfonamides is 1. The Bertz CT molecular complexity index is 742. The first-order chi connectivity index (χ1) is 10.3. The minimum absolute atomic E-state index is 0.0292. The quantitative estimate of drug-likeness (QED) is 0.799. The van der Waals surface area contributed by atoms with E-state index in [1.165, 1.54) is 32.4 Å². The Labute approximate surface area is 130 Å². The summed E-state index contributed by atoms with van der Waals surface area (Å²) in [6.45, 7) is 0.107. The van der Waals surface area contributed by atoms with Gasteiger partial charge >= 0.3 is 0 Å². The van der Waals surface area contributed by atoms with Crippen molar-refractivity contribution in [3.05, 3.63) is 18.2 Å². The Morgan fingerprint density at radius 1 is 1.23 bits per heavy atom.